The van der Waals surface area contributed by atoms with E-state index in [1.165, 1.54) is 0 Å². The third-order valence-corrected chi connectivity index (χ3v) is 6.17. The predicted molar refractivity (Wildman–Crippen MR) is 93.4 cm³/mol. The SMILES string of the molecule is Cc1[nH]nc(C2CC2)c1C(=O)N1CCN(C)C2(CCNC(=O)CC2)C1. The lowest BCUT2D eigenvalue weighted by Gasteiger charge is -2.49. The number of hydrogen-bond acceptors (Lipinski definition) is 4. The van der Waals surface area contributed by atoms with E-state index in [1.807, 2.05) is 11.8 Å². The summed E-state index contributed by atoms with van der Waals surface area (Å²) >= 11 is 0. The van der Waals surface area contributed by atoms with Gasteiger partial charge in [-0.3, -0.25) is 19.6 Å². The highest BCUT2D eigenvalue weighted by atomic mass is 16.2. The molecule has 3 aliphatic rings. The first kappa shape index (κ1) is 16.6. The number of nitrogens with zero attached hydrogens (tertiary/aromatic N) is 3. The number of piperazine rings is 1. The number of amides is 2. The maximum absolute atomic E-state index is 13.3. The van der Waals surface area contributed by atoms with Gasteiger partial charge >= 0.3 is 0 Å². The van der Waals surface area contributed by atoms with Crippen LogP contribution < -0.4 is 5.32 Å². The average molecular weight is 345 g/mol. The second-order valence-electron chi connectivity index (χ2n) is 7.86. The number of aromatic amines is 1. The third kappa shape index (κ3) is 2.94. The van der Waals surface area contributed by atoms with Crippen molar-refractivity contribution in [1.29, 1.82) is 0 Å². The van der Waals surface area contributed by atoms with E-state index in [0.717, 1.165) is 55.7 Å². The lowest BCUT2D eigenvalue weighted by molar-refractivity contribution is -0.121. The van der Waals surface area contributed by atoms with Gasteiger partial charge in [0.15, 0.2) is 0 Å². The van der Waals surface area contributed by atoms with E-state index in [9.17, 15) is 9.59 Å². The fourth-order valence-corrected chi connectivity index (χ4v) is 4.30. The highest BCUT2D eigenvalue weighted by Crippen LogP contribution is 2.41. The molecule has 0 aromatic carbocycles. The summed E-state index contributed by atoms with van der Waals surface area (Å²) in [6.07, 6.45) is 4.48. The fraction of sp³-hybridized carbons (Fsp3) is 0.722. The molecule has 136 valence electrons. The number of carbonyl (C=O) groups is 2. The molecule has 25 heavy (non-hydrogen) atoms. The van der Waals surface area contributed by atoms with Crippen molar-refractivity contribution in [3.05, 3.63) is 17.0 Å². The van der Waals surface area contributed by atoms with Crippen LogP contribution in [-0.4, -0.2) is 70.6 Å². The largest absolute Gasteiger partial charge is 0.356 e. The molecule has 1 spiro atoms. The first-order valence-electron chi connectivity index (χ1n) is 9.32. The Morgan fingerprint density at radius 2 is 2.08 bits per heavy atom. The van der Waals surface area contributed by atoms with Crippen LogP contribution in [0.15, 0.2) is 0 Å². The highest BCUT2D eigenvalue weighted by Gasteiger charge is 2.43. The van der Waals surface area contributed by atoms with Gasteiger partial charge in [-0.2, -0.15) is 5.10 Å². The van der Waals surface area contributed by atoms with Gasteiger partial charge in [0.1, 0.15) is 0 Å². The molecule has 0 bridgehead atoms. The van der Waals surface area contributed by atoms with Gasteiger partial charge in [-0.25, -0.2) is 0 Å². The quantitative estimate of drug-likeness (QED) is 0.839. The van der Waals surface area contributed by atoms with Crippen LogP contribution in [0.2, 0.25) is 0 Å². The molecular formula is C18H27N5O2. The summed E-state index contributed by atoms with van der Waals surface area (Å²) in [4.78, 5) is 29.4. The summed E-state index contributed by atoms with van der Waals surface area (Å²) in [5.41, 5.74) is 2.50. The van der Waals surface area contributed by atoms with Gasteiger partial charge in [0.2, 0.25) is 5.91 Å². The smallest absolute Gasteiger partial charge is 0.257 e. The Bertz CT molecular complexity index is 696. The molecule has 1 saturated carbocycles. The van der Waals surface area contributed by atoms with E-state index in [4.69, 9.17) is 0 Å². The molecule has 1 aliphatic carbocycles. The minimum Gasteiger partial charge on any atom is -0.356 e. The Morgan fingerprint density at radius 3 is 2.84 bits per heavy atom. The van der Waals surface area contributed by atoms with Crippen molar-refractivity contribution >= 4 is 11.8 Å². The topological polar surface area (TPSA) is 81.3 Å². The number of H-pyrrole nitrogens is 1. The number of aromatic nitrogens is 2. The van der Waals surface area contributed by atoms with Crippen molar-refractivity contribution < 1.29 is 9.59 Å². The van der Waals surface area contributed by atoms with Gasteiger partial charge in [-0.05, 0) is 39.7 Å². The molecule has 1 unspecified atom stereocenters. The standard InChI is InChI=1S/C18H27N5O2/c1-12-15(16(21-20-12)13-3-4-13)17(25)23-10-9-22(2)18(11-23)6-5-14(24)19-8-7-18/h13H,3-11H2,1-2H3,(H,19,24)(H,20,21). The first-order chi connectivity index (χ1) is 12.0. The Morgan fingerprint density at radius 1 is 1.28 bits per heavy atom. The second-order valence-corrected chi connectivity index (χ2v) is 7.86. The Balaban J connectivity index is 1.58. The molecule has 1 atom stereocenters. The number of rotatable bonds is 2. The highest BCUT2D eigenvalue weighted by molar-refractivity contribution is 5.97. The molecule has 1 aromatic rings. The van der Waals surface area contributed by atoms with Gasteiger partial charge in [0.05, 0.1) is 11.3 Å². The zero-order valence-corrected chi connectivity index (χ0v) is 15.1. The summed E-state index contributed by atoms with van der Waals surface area (Å²) in [6.45, 7) is 4.88. The normalized spacial score (nSPS) is 28.1. The van der Waals surface area contributed by atoms with Crippen molar-refractivity contribution in [2.45, 2.75) is 50.5 Å². The summed E-state index contributed by atoms with van der Waals surface area (Å²) in [6, 6.07) is 0. The number of carbonyl (C=O) groups excluding carboxylic acids is 2. The molecule has 7 heteroatoms. The molecule has 2 N–H and O–H groups in total. The number of hydrogen-bond donors (Lipinski definition) is 2. The van der Waals surface area contributed by atoms with Crippen LogP contribution in [0.5, 0.6) is 0 Å². The van der Waals surface area contributed by atoms with Crippen LogP contribution in [0.1, 0.15) is 59.8 Å². The molecule has 1 aromatic heterocycles. The maximum atomic E-state index is 13.3. The molecule has 7 nitrogen and oxygen atoms in total. The number of nitrogens with one attached hydrogen (secondary N) is 2. The summed E-state index contributed by atoms with van der Waals surface area (Å²) < 4.78 is 0. The van der Waals surface area contributed by atoms with Gasteiger partial charge in [-0.1, -0.05) is 0 Å². The van der Waals surface area contributed by atoms with Crippen LogP contribution in [0.25, 0.3) is 0 Å². The minimum atomic E-state index is -0.107. The van der Waals surface area contributed by atoms with Gasteiger partial charge < -0.3 is 10.2 Å². The molecule has 0 radical (unpaired) electrons. The van der Waals surface area contributed by atoms with Crippen molar-refractivity contribution in [1.82, 2.24) is 25.3 Å². The van der Waals surface area contributed by atoms with Gasteiger partial charge in [0.25, 0.3) is 5.91 Å². The van der Waals surface area contributed by atoms with Crippen molar-refractivity contribution in [3.8, 4) is 0 Å². The zero-order chi connectivity index (χ0) is 17.6. The molecule has 4 rings (SSSR count). The van der Waals surface area contributed by atoms with E-state index >= 15 is 0 Å². The molecule has 3 fully saturated rings. The maximum Gasteiger partial charge on any atom is 0.257 e. The van der Waals surface area contributed by atoms with Crippen LogP contribution in [-0.2, 0) is 4.79 Å². The van der Waals surface area contributed by atoms with Crippen LogP contribution >= 0.6 is 0 Å². The number of likely N-dealkylation sites (N-methyl/N-ethyl adjacent to an activating group) is 1. The van der Waals surface area contributed by atoms with Gasteiger partial charge in [-0.15, -0.1) is 0 Å². The summed E-state index contributed by atoms with van der Waals surface area (Å²) in [5, 5.41) is 10.4. The minimum absolute atomic E-state index is 0.101. The molecule has 2 aliphatic heterocycles. The third-order valence-electron chi connectivity index (χ3n) is 6.17. The van der Waals surface area contributed by atoms with Crippen molar-refractivity contribution in [2.75, 3.05) is 33.2 Å². The van der Waals surface area contributed by atoms with E-state index < -0.39 is 0 Å². The molecule has 2 saturated heterocycles. The summed E-state index contributed by atoms with van der Waals surface area (Å²) in [7, 11) is 2.12. The molecule has 2 amide bonds. The lowest BCUT2D eigenvalue weighted by Crippen LogP contribution is -2.62. The van der Waals surface area contributed by atoms with E-state index in [-0.39, 0.29) is 17.4 Å². The Hall–Kier alpha value is -1.89. The first-order valence-corrected chi connectivity index (χ1v) is 9.32. The Labute approximate surface area is 148 Å². The van der Waals surface area contributed by atoms with E-state index in [1.54, 1.807) is 0 Å². The monoisotopic (exact) mass is 345 g/mol. The van der Waals surface area contributed by atoms with Gasteiger partial charge in [0, 0.05) is 49.8 Å². The van der Waals surface area contributed by atoms with Crippen LogP contribution in [0, 0.1) is 6.92 Å². The van der Waals surface area contributed by atoms with E-state index in [2.05, 4.69) is 27.5 Å². The predicted octanol–water partition coefficient (Wildman–Crippen LogP) is 1.02. The van der Waals surface area contributed by atoms with Crippen LogP contribution in [0.3, 0.4) is 0 Å². The van der Waals surface area contributed by atoms with Crippen LogP contribution in [0.4, 0.5) is 0 Å². The molecule has 3 heterocycles. The van der Waals surface area contributed by atoms with Crippen molar-refractivity contribution in [2.24, 2.45) is 0 Å². The number of aryl methyl sites for hydroxylation is 1. The van der Waals surface area contributed by atoms with E-state index in [0.29, 0.717) is 25.4 Å². The summed E-state index contributed by atoms with van der Waals surface area (Å²) in [5.74, 6) is 0.671. The Kier molecular flexibility index (Phi) is 4.06. The second kappa shape index (κ2) is 6.12. The molecular weight excluding hydrogens is 318 g/mol. The lowest BCUT2D eigenvalue weighted by atomic mass is 9.86. The fourth-order valence-electron chi connectivity index (χ4n) is 4.30. The zero-order valence-electron chi connectivity index (χ0n) is 15.1. The van der Waals surface area contributed by atoms with Crippen molar-refractivity contribution in [3.63, 3.8) is 0 Å². The average Bonchev–Trinajstić information content (AvgIpc) is 3.38.